The summed E-state index contributed by atoms with van der Waals surface area (Å²) in [5.41, 5.74) is 0. The molecule has 0 spiro atoms. The van der Waals surface area contributed by atoms with E-state index in [4.69, 9.17) is 5.11 Å². The Morgan fingerprint density at radius 3 is 2.62 bits per heavy atom. The summed E-state index contributed by atoms with van der Waals surface area (Å²) in [6.45, 7) is 6.31. The van der Waals surface area contributed by atoms with Crippen LogP contribution >= 0.6 is 0 Å². The minimum absolute atomic E-state index is 0.176. The van der Waals surface area contributed by atoms with E-state index in [1.54, 1.807) is 4.90 Å². The van der Waals surface area contributed by atoms with Gasteiger partial charge in [0.2, 0.25) is 0 Å². The predicted octanol–water partition coefficient (Wildman–Crippen LogP) is 1.29. The van der Waals surface area contributed by atoms with Crippen molar-refractivity contribution in [2.24, 2.45) is 5.92 Å². The van der Waals surface area contributed by atoms with E-state index in [1.165, 1.54) is 6.92 Å². The van der Waals surface area contributed by atoms with Crippen LogP contribution in [0.25, 0.3) is 0 Å². The molecule has 1 heterocycles. The second-order valence-corrected chi connectivity index (χ2v) is 4.56. The van der Waals surface area contributed by atoms with Crippen LogP contribution in [0.2, 0.25) is 0 Å². The lowest BCUT2D eigenvalue weighted by atomic mass is 9.92. The fraction of sp³-hybridized carbons (Fsp3) is 0.818. The lowest BCUT2D eigenvalue weighted by molar-refractivity contribution is -0.138. The van der Waals surface area contributed by atoms with Gasteiger partial charge in [0.25, 0.3) is 0 Å². The molecule has 1 rings (SSSR count). The summed E-state index contributed by atoms with van der Waals surface area (Å²) in [5, 5.41) is 11.2. The number of carboxylic acid groups (broad SMARTS) is 1. The quantitative estimate of drug-likeness (QED) is 0.748. The largest absolute Gasteiger partial charge is 0.480 e. The maximum absolute atomic E-state index is 11.8. The average molecular weight is 228 g/mol. The van der Waals surface area contributed by atoms with Gasteiger partial charge in [-0.3, -0.25) is 4.79 Å². The highest BCUT2D eigenvalue weighted by molar-refractivity contribution is 5.82. The molecule has 2 amide bonds. The molecule has 0 bridgehead atoms. The number of rotatable bonds is 2. The summed E-state index contributed by atoms with van der Waals surface area (Å²) < 4.78 is 0. The Morgan fingerprint density at radius 1 is 1.44 bits per heavy atom. The number of carbonyl (C=O) groups excluding carboxylic acids is 1. The molecule has 1 saturated heterocycles. The van der Waals surface area contributed by atoms with Gasteiger partial charge in [-0.1, -0.05) is 6.92 Å². The van der Waals surface area contributed by atoms with Gasteiger partial charge in [-0.25, -0.2) is 4.79 Å². The third-order valence-electron chi connectivity index (χ3n) is 3.34. The zero-order chi connectivity index (χ0) is 12.3. The Balaban J connectivity index is 2.56. The summed E-state index contributed by atoms with van der Waals surface area (Å²) in [5.74, 6) is -0.536. The van der Waals surface area contributed by atoms with Crippen LogP contribution in [0.15, 0.2) is 0 Å². The number of amides is 2. The molecule has 1 fully saturated rings. The fourth-order valence-electron chi connectivity index (χ4n) is 1.95. The van der Waals surface area contributed by atoms with Crippen LogP contribution in [0.4, 0.5) is 4.79 Å². The smallest absolute Gasteiger partial charge is 0.325 e. The lowest BCUT2D eigenvalue weighted by Gasteiger charge is -2.38. The first-order valence-electron chi connectivity index (χ1n) is 5.73. The van der Waals surface area contributed by atoms with Crippen LogP contribution in [0.5, 0.6) is 0 Å². The van der Waals surface area contributed by atoms with Crippen molar-refractivity contribution in [3.05, 3.63) is 0 Å². The zero-order valence-electron chi connectivity index (χ0n) is 10.1. The molecule has 0 saturated carbocycles. The Morgan fingerprint density at radius 2 is 2.06 bits per heavy atom. The van der Waals surface area contributed by atoms with Crippen molar-refractivity contribution in [2.45, 2.75) is 45.7 Å². The van der Waals surface area contributed by atoms with Gasteiger partial charge >= 0.3 is 12.0 Å². The molecule has 16 heavy (non-hydrogen) atoms. The predicted molar refractivity (Wildman–Crippen MR) is 60.2 cm³/mol. The van der Waals surface area contributed by atoms with Crippen LogP contribution < -0.4 is 5.32 Å². The van der Waals surface area contributed by atoms with Crippen molar-refractivity contribution in [3.8, 4) is 0 Å². The van der Waals surface area contributed by atoms with Crippen molar-refractivity contribution in [1.82, 2.24) is 10.2 Å². The van der Waals surface area contributed by atoms with E-state index in [9.17, 15) is 9.59 Å². The molecule has 0 aromatic rings. The zero-order valence-corrected chi connectivity index (χ0v) is 10.1. The molecule has 0 aromatic carbocycles. The monoisotopic (exact) mass is 228 g/mol. The Hall–Kier alpha value is -1.26. The number of carboxylic acids is 1. The minimum Gasteiger partial charge on any atom is -0.480 e. The molecule has 2 N–H and O–H groups in total. The highest BCUT2D eigenvalue weighted by atomic mass is 16.4. The van der Waals surface area contributed by atoms with E-state index in [1.807, 2.05) is 6.92 Å². The molecule has 0 radical (unpaired) electrons. The number of nitrogens with one attached hydrogen (secondary N) is 1. The summed E-state index contributed by atoms with van der Waals surface area (Å²) in [6, 6.07) is -0.930. The number of piperidine rings is 1. The Labute approximate surface area is 95.8 Å². The summed E-state index contributed by atoms with van der Waals surface area (Å²) in [7, 11) is 0. The van der Waals surface area contributed by atoms with Crippen LogP contribution in [0, 0.1) is 5.92 Å². The molecule has 3 atom stereocenters. The maximum Gasteiger partial charge on any atom is 0.325 e. The van der Waals surface area contributed by atoms with Gasteiger partial charge in [0.05, 0.1) is 0 Å². The van der Waals surface area contributed by atoms with Crippen LogP contribution in [0.3, 0.4) is 0 Å². The van der Waals surface area contributed by atoms with Crippen molar-refractivity contribution in [3.63, 3.8) is 0 Å². The molecule has 1 aliphatic heterocycles. The molecule has 0 aromatic heterocycles. The highest BCUT2D eigenvalue weighted by Gasteiger charge is 2.29. The van der Waals surface area contributed by atoms with E-state index in [0.29, 0.717) is 12.5 Å². The number of likely N-dealkylation sites (tertiary alicyclic amines) is 1. The lowest BCUT2D eigenvalue weighted by Crippen LogP contribution is -2.53. The van der Waals surface area contributed by atoms with Crippen molar-refractivity contribution in [1.29, 1.82) is 0 Å². The number of aliphatic carboxylic acids is 1. The molecule has 5 nitrogen and oxygen atoms in total. The minimum atomic E-state index is -1.01. The van der Waals surface area contributed by atoms with Gasteiger partial charge in [0, 0.05) is 12.6 Å². The summed E-state index contributed by atoms with van der Waals surface area (Å²) >= 11 is 0. The molecule has 3 unspecified atom stereocenters. The third kappa shape index (κ3) is 2.87. The molecule has 5 heteroatoms. The molecular weight excluding hydrogens is 208 g/mol. The number of hydrogen-bond donors (Lipinski definition) is 2. The number of hydrogen-bond acceptors (Lipinski definition) is 2. The van der Waals surface area contributed by atoms with E-state index < -0.39 is 12.0 Å². The van der Waals surface area contributed by atoms with Crippen molar-refractivity contribution in [2.75, 3.05) is 6.54 Å². The van der Waals surface area contributed by atoms with Gasteiger partial charge in [-0.15, -0.1) is 0 Å². The van der Waals surface area contributed by atoms with Gasteiger partial charge in [-0.2, -0.15) is 0 Å². The molecule has 92 valence electrons. The normalized spacial score (nSPS) is 27.3. The number of nitrogens with zero attached hydrogens (tertiary/aromatic N) is 1. The maximum atomic E-state index is 11.8. The van der Waals surface area contributed by atoms with Gasteiger partial charge < -0.3 is 15.3 Å². The van der Waals surface area contributed by atoms with Gasteiger partial charge in [-0.05, 0) is 32.6 Å². The van der Waals surface area contributed by atoms with Crippen LogP contribution in [-0.4, -0.2) is 40.6 Å². The van der Waals surface area contributed by atoms with E-state index in [-0.39, 0.29) is 12.1 Å². The molecule has 0 aliphatic carbocycles. The Kier molecular flexibility index (Phi) is 4.15. The van der Waals surface area contributed by atoms with Crippen molar-refractivity contribution < 1.29 is 14.7 Å². The van der Waals surface area contributed by atoms with E-state index >= 15 is 0 Å². The Bertz CT molecular complexity index is 280. The SMILES string of the molecule is CC(NC(=O)N1CCCC(C)C1C)C(=O)O. The van der Waals surface area contributed by atoms with E-state index in [0.717, 1.165) is 12.8 Å². The second-order valence-electron chi connectivity index (χ2n) is 4.56. The van der Waals surface area contributed by atoms with Gasteiger partial charge in [0.1, 0.15) is 6.04 Å². The van der Waals surface area contributed by atoms with E-state index in [2.05, 4.69) is 12.2 Å². The van der Waals surface area contributed by atoms with Crippen molar-refractivity contribution >= 4 is 12.0 Å². The summed E-state index contributed by atoms with van der Waals surface area (Å²) in [4.78, 5) is 24.2. The topological polar surface area (TPSA) is 69.6 Å². The highest BCUT2D eigenvalue weighted by Crippen LogP contribution is 2.22. The van der Waals surface area contributed by atoms with Crippen LogP contribution in [-0.2, 0) is 4.79 Å². The fourth-order valence-corrected chi connectivity index (χ4v) is 1.95. The first kappa shape index (κ1) is 12.8. The van der Waals surface area contributed by atoms with Gasteiger partial charge in [0.15, 0.2) is 0 Å². The average Bonchev–Trinajstić information content (AvgIpc) is 2.21. The third-order valence-corrected chi connectivity index (χ3v) is 3.34. The molecular formula is C11H20N2O3. The summed E-state index contributed by atoms with van der Waals surface area (Å²) in [6.07, 6.45) is 2.11. The second kappa shape index (κ2) is 5.18. The first-order chi connectivity index (χ1) is 7.43. The first-order valence-corrected chi connectivity index (χ1v) is 5.73. The van der Waals surface area contributed by atoms with Crippen LogP contribution in [0.1, 0.15) is 33.6 Å². The molecule has 1 aliphatic rings. The number of urea groups is 1. The number of carbonyl (C=O) groups is 2. The standard InChI is InChI=1S/C11H20N2O3/c1-7-5-4-6-13(9(7)3)11(16)12-8(2)10(14)15/h7-9H,4-6H2,1-3H3,(H,12,16)(H,14,15).